The first-order valence-corrected chi connectivity index (χ1v) is 17.5. The number of nitrogens with one attached hydrogen (secondary N) is 3. The highest BCUT2D eigenvalue weighted by Gasteiger charge is 2.64. The SMILES string of the molecule is CC(C)(C)C[C@]1(c2ccc(-c3cn(C4CC4)nn3)cc2)NC(=N)N([C@H](COC(=O)NC2(C(F)(F)F)CC2)c2ccc(Cl)c(-c3ncnn3C(F)F)c2)C1=O. The van der Waals surface area contributed by atoms with Crippen molar-refractivity contribution in [2.75, 3.05) is 6.61 Å². The number of rotatable bonds is 11. The molecule has 2 amide bonds. The molecular weight excluding hydrogens is 739 g/mol. The lowest BCUT2D eigenvalue weighted by atomic mass is 9.75. The second kappa shape index (κ2) is 13.3. The first kappa shape index (κ1) is 37.2. The summed E-state index contributed by atoms with van der Waals surface area (Å²) in [6.07, 6.45) is -1.74. The van der Waals surface area contributed by atoms with Crippen molar-refractivity contribution in [2.45, 2.75) is 88.8 Å². The topological polar surface area (TPSA) is 156 Å². The van der Waals surface area contributed by atoms with E-state index in [1.54, 1.807) is 24.3 Å². The zero-order valence-corrected chi connectivity index (χ0v) is 30.0. The Morgan fingerprint density at radius 1 is 1.13 bits per heavy atom. The maximum Gasteiger partial charge on any atom is 0.411 e. The first-order valence-electron chi connectivity index (χ1n) is 17.1. The van der Waals surface area contributed by atoms with Crippen LogP contribution in [0.15, 0.2) is 55.0 Å². The summed E-state index contributed by atoms with van der Waals surface area (Å²) in [4.78, 5) is 32.8. The van der Waals surface area contributed by atoms with Gasteiger partial charge in [0.2, 0.25) is 0 Å². The lowest BCUT2D eigenvalue weighted by Gasteiger charge is -2.35. The molecule has 3 fully saturated rings. The fourth-order valence-corrected chi connectivity index (χ4v) is 7.01. The second-order valence-corrected chi connectivity index (χ2v) is 15.5. The van der Waals surface area contributed by atoms with Crippen LogP contribution in [0.25, 0.3) is 22.6 Å². The molecule has 2 aliphatic carbocycles. The van der Waals surface area contributed by atoms with Gasteiger partial charge in [-0.25, -0.2) is 14.5 Å². The van der Waals surface area contributed by atoms with E-state index in [2.05, 4.69) is 25.7 Å². The second-order valence-electron chi connectivity index (χ2n) is 15.0. The molecule has 54 heavy (non-hydrogen) atoms. The maximum atomic E-state index is 15.0. The van der Waals surface area contributed by atoms with E-state index in [1.165, 1.54) is 18.2 Å². The molecule has 1 aliphatic heterocycles. The largest absolute Gasteiger partial charge is 0.447 e. The Bertz CT molecular complexity index is 2090. The fraction of sp³-hybridized carbons (Fsp3) is 0.457. The van der Waals surface area contributed by atoms with Crippen molar-refractivity contribution in [3.8, 4) is 22.6 Å². The lowest BCUT2D eigenvalue weighted by molar-refractivity contribution is -0.164. The Labute approximate surface area is 310 Å². The third-order valence-electron chi connectivity index (χ3n) is 9.75. The normalized spacial score (nSPS) is 20.3. The van der Waals surface area contributed by atoms with E-state index in [4.69, 9.17) is 21.7 Å². The van der Waals surface area contributed by atoms with E-state index < -0.39 is 59.8 Å². The molecule has 3 aliphatic rings. The van der Waals surface area contributed by atoms with E-state index in [0.29, 0.717) is 22.0 Å². The first-order chi connectivity index (χ1) is 25.4. The molecule has 3 heterocycles. The van der Waals surface area contributed by atoms with Gasteiger partial charge in [-0.3, -0.25) is 15.1 Å². The van der Waals surface area contributed by atoms with Gasteiger partial charge in [-0.2, -0.15) is 31.7 Å². The molecule has 1 saturated heterocycles. The number of hydrogen-bond acceptors (Lipinski definition) is 8. The minimum atomic E-state index is -4.72. The third kappa shape index (κ3) is 6.98. The number of ether oxygens (including phenoxy) is 1. The fourth-order valence-electron chi connectivity index (χ4n) is 6.80. The molecule has 13 nitrogen and oxygen atoms in total. The summed E-state index contributed by atoms with van der Waals surface area (Å²) < 4.78 is 76.2. The quantitative estimate of drug-likeness (QED) is 0.136. The molecular formula is C35H36ClF5N10O3. The van der Waals surface area contributed by atoms with Crippen LogP contribution in [0.5, 0.6) is 0 Å². The van der Waals surface area contributed by atoms with Gasteiger partial charge in [-0.05, 0) is 60.8 Å². The predicted octanol–water partition coefficient (Wildman–Crippen LogP) is 7.15. The molecule has 2 aromatic heterocycles. The average molecular weight is 775 g/mol. The van der Waals surface area contributed by atoms with Crippen LogP contribution in [0.3, 0.4) is 0 Å². The maximum absolute atomic E-state index is 15.0. The number of guanidine groups is 1. The van der Waals surface area contributed by atoms with Crippen molar-refractivity contribution in [3.63, 3.8) is 0 Å². The number of carbonyl (C=O) groups is 2. The van der Waals surface area contributed by atoms with Crippen LogP contribution in [-0.2, 0) is 15.1 Å². The van der Waals surface area contributed by atoms with Crippen molar-refractivity contribution in [1.82, 2.24) is 45.3 Å². The number of carbonyl (C=O) groups excluding carboxylic acids is 2. The molecule has 2 atom stereocenters. The van der Waals surface area contributed by atoms with Crippen LogP contribution in [-0.4, -0.2) is 70.9 Å². The summed E-state index contributed by atoms with van der Waals surface area (Å²) >= 11 is 6.44. The van der Waals surface area contributed by atoms with Gasteiger partial charge in [0.25, 0.3) is 5.91 Å². The predicted molar refractivity (Wildman–Crippen MR) is 184 cm³/mol. The molecule has 2 aromatic carbocycles. The van der Waals surface area contributed by atoms with E-state index in [9.17, 15) is 31.5 Å². The summed E-state index contributed by atoms with van der Waals surface area (Å²) in [5.41, 5.74) is -2.41. The zero-order chi connectivity index (χ0) is 38.8. The monoisotopic (exact) mass is 774 g/mol. The molecule has 0 radical (unpaired) electrons. The van der Waals surface area contributed by atoms with Gasteiger partial charge in [0.05, 0.1) is 23.3 Å². The number of halogens is 6. The number of hydrogen-bond donors (Lipinski definition) is 3. The van der Waals surface area contributed by atoms with Crippen LogP contribution in [0, 0.1) is 10.8 Å². The molecule has 0 spiro atoms. The summed E-state index contributed by atoms with van der Waals surface area (Å²) in [5.74, 6) is -1.32. The Morgan fingerprint density at radius 3 is 2.44 bits per heavy atom. The van der Waals surface area contributed by atoms with Gasteiger partial charge >= 0.3 is 18.8 Å². The van der Waals surface area contributed by atoms with Gasteiger partial charge in [0, 0.05) is 11.1 Å². The summed E-state index contributed by atoms with van der Waals surface area (Å²) in [7, 11) is 0. The summed E-state index contributed by atoms with van der Waals surface area (Å²) in [6, 6.07) is 10.2. The third-order valence-corrected chi connectivity index (χ3v) is 10.1. The smallest absolute Gasteiger partial charge is 0.411 e. The number of nitrogens with zero attached hydrogens (tertiary/aromatic N) is 7. The molecule has 0 unspecified atom stereocenters. The molecule has 4 aromatic rings. The summed E-state index contributed by atoms with van der Waals surface area (Å²) in [5, 5.41) is 26.2. The lowest BCUT2D eigenvalue weighted by Crippen LogP contribution is -2.49. The van der Waals surface area contributed by atoms with Crippen LogP contribution in [0.1, 0.15) is 82.6 Å². The van der Waals surface area contributed by atoms with E-state index in [1.807, 2.05) is 37.0 Å². The number of alkyl carbamates (subject to hydrolysis) is 1. The molecule has 19 heteroatoms. The zero-order valence-electron chi connectivity index (χ0n) is 29.3. The van der Waals surface area contributed by atoms with Crippen molar-refractivity contribution in [1.29, 1.82) is 5.41 Å². The number of alkyl halides is 5. The summed E-state index contributed by atoms with van der Waals surface area (Å²) in [6.45, 7) is 1.96. The highest BCUT2D eigenvalue weighted by atomic mass is 35.5. The Hall–Kier alpha value is -5.13. The molecule has 0 bridgehead atoms. The minimum Gasteiger partial charge on any atom is -0.447 e. The van der Waals surface area contributed by atoms with Gasteiger partial charge in [0.1, 0.15) is 29.7 Å². The van der Waals surface area contributed by atoms with E-state index in [0.717, 1.165) is 29.6 Å². The van der Waals surface area contributed by atoms with Crippen molar-refractivity contribution in [3.05, 3.63) is 71.1 Å². The van der Waals surface area contributed by atoms with Crippen LogP contribution < -0.4 is 10.6 Å². The minimum absolute atomic E-state index is 0.00722. The van der Waals surface area contributed by atoms with Gasteiger partial charge < -0.3 is 15.4 Å². The van der Waals surface area contributed by atoms with Crippen LogP contribution >= 0.6 is 11.6 Å². The van der Waals surface area contributed by atoms with Gasteiger partial charge in [-0.1, -0.05) is 67.9 Å². The Balaban J connectivity index is 1.26. The highest BCUT2D eigenvalue weighted by Crippen LogP contribution is 2.49. The van der Waals surface area contributed by atoms with Crippen molar-refractivity contribution in [2.24, 2.45) is 5.41 Å². The number of benzene rings is 2. The number of aromatic nitrogens is 6. The van der Waals surface area contributed by atoms with Gasteiger partial charge in [0.15, 0.2) is 11.8 Å². The molecule has 3 N–H and O–H groups in total. The number of amides is 2. The van der Waals surface area contributed by atoms with Crippen molar-refractivity contribution < 1.29 is 36.3 Å². The molecule has 2 saturated carbocycles. The Morgan fingerprint density at radius 2 is 1.83 bits per heavy atom. The molecule has 7 rings (SSSR count). The Kier molecular flexibility index (Phi) is 9.17. The van der Waals surface area contributed by atoms with Crippen LogP contribution in [0.2, 0.25) is 5.02 Å². The van der Waals surface area contributed by atoms with Crippen molar-refractivity contribution >= 4 is 29.6 Å². The van der Waals surface area contributed by atoms with Gasteiger partial charge in [-0.15, -0.1) is 5.10 Å². The standard InChI is InChI=1S/C35H36ClF5N10O3/c1-32(2,3)17-34(21-7-4-19(5-8-21)25-15-49(48-47-25)22-9-10-22)28(52)50(30(42)45-34)26(16-54-31(53)46-33(12-13-33)35(39,40)41)20-6-11-24(36)23(14-20)27-43-18-44-51(27)29(37)38/h4-8,11,14-15,18,22,26,29H,9-10,12-13,16-17H2,1-3H3,(H2,42,45)(H,46,53)/t26-,34-/m1/s1. The van der Waals surface area contributed by atoms with Crippen LogP contribution in [0.4, 0.5) is 26.7 Å². The van der Waals surface area contributed by atoms with E-state index in [-0.39, 0.29) is 41.2 Å². The highest BCUT2D eigenvalue weighted by molar-refractivity contribution is 6.33. The average Bonchev–Trinajstić information content (AvgIpc) is 3.97. The molecule has 286 valence electrons. The van der Waals surface area contributed by atoms with E-state index >= 15 is 0 Å².